The number of carbonyl (C=O) groups is 1. The van der Waals surface area contributed by atoms with Gasteiger partial charge in [-0.2, -0.15) is 0 Å². The fourth-order valence-corrected chi connectivity index (χ4v) is 2.78. The second-order valence-corrected chi connectivity index (χ2v) is 6.38. The van der Waals surface area contributed by atoms with Gasteiger partial charge in [0.15, 0.2) is 11.5 Å². The van der Waals surface area contributed by atoms with E-state index in [0.717, 1.165) is 5.56 Å². The molecule has 6 heteroatoms. The zero-order chi connectivity index (χ0) is 21.3. The number of nitrogens with one attached hydrogen (secondary N) is 1. The molecule has 6 nitrogen and oxygen atoms in total. The first-order valence-electron chi connectivity index (χ1n) is 9.30. The van der Waals surface area contributed by atoms with Gasteiger partial charge in [-0.3, -0.25) is 4.79 Å². The predicted octanol–water partition coefficient (Wildman–Crippen LogP) is 4.64. The third-order valence-corrected chi connectivity index (χ3v) is 4.34. The number of anilines is 1. The fourth-order valence-electron chi connectivity index (χ4n) is 2.78. The minimum Gasteiger partial charge on any atom is -0.504 e. The lowest BCUT2D eigenvalue weighted by atomic mass is 10.1. The van der Waals surface area contributed by atoms with Crippen molar-refractivity contribution in [3.05, 3.63) is 83.9 Å². The molecular weight excluding hydrogens is 382 g/mol. The molecule has 0 bridgehead atoms. The number of phenolic OH excluding ortho intramolecular Hbond substituents is 1. The van der Waals surface area contributed by atoms with E-state index in [-0.39, 0.29) is 11.7 Å². The summed E-state index contributed by atoms with van der Waals surface area (Å²) in [7, 11) is 3.08. The second kappa shape index (κ2) is 10.0. The van der Waals surface area contributed by atoms with E-state index in [9.17, 15) is 9.90 Å². The van der Waals surface area contributed by atoms with Crippen molar-refractivity contribution < 1.29 is 24.1 Å². The van der Waals surface area contributed by atoms with Crippen molar-refractivity contribution in [2.75, 3.05) is 19.5 Å². The molecule has 3 rings (SSSR count). The average Bonchev–Trinajstić information content (AvgIpc) is 2.77. The number of carbonyl (C=O) groups excluding carboxylic acids is 1. The molecule has 2 N–H and O–H groups in total. The number of ether oxygens (including phenoxy) is 3. The van der Waals surface area contributed by atoms with E-state index >= 15 is 0 Å². The molecular formula is C24H23NO5. The van der Waals surface area contributed by atoms with E-state index in [1.807, 2.05) is 42.5 Å². The van der Waals surface area contributed by atoms with Gasteiger partial charge in [-0.05, 0) is 42.0 Å². The Morgan fingerprint density at radius 2 is 1.77 bits per heavy atom. The highest BCUT2D eigenvalue weighted by molar-refractivity contribution is 6.02. The standard InChI is InChI=1S/C24H23NO5/c1-28-19-7-5-8-20(15-19)30-16-18-6-3-4-9-21(18)25-24(27)13-11-17-10-12-23(29-2)22(26)14-17/h3-15,26H,16H2,1-2H3,(H,25,27). The summed E-state index contributed by atoms with van der Waals surface area (Å²) in [6, 6.07) is 19.7. The normalized spacial score (nSPS) is 10.6. The highest BCUT2D eigenvalue weighted by Gasteiger charge is 2.07. The number of para-hydroxylation sites is 1. The van der Waals surface area contributed by atoms with Crippen molar-refractivity contribution in [3.63, 3.8) is 0 Å². The molecule has 3 aromatic carbocycles. The molecule has 0 spiro atoms. The van der Waals surface area contributed by atoms with Crippen LogP contribution in [0.1, 0.15) is 11.1 Å². The van der Waals surface area contributed by atoms with Gasteiger partial charge in [-0.25, -0.2) is 0 Å². The van der Waals surface area contributed by atoms with Crippen LogP contribution in [0.3, 0.4) is 0 Å². The second-order valence-electron chi connectivity index (χ2n) is 6.38. The fraction of sp³-hybridized carbons (Fsp3) is 0.125. The number of methoxy groups -OCH3 is 2. The first kappa shape index (κ1) is 20.8. The van der Waals surface area contributed by atoms with Crippen LogP contribution in [0.5, 0.6) is 23.0 Å². The van der Waals surface area contributed by atoms with Crippen molar-refractivity contribution >= 4 is 17.7 Å². The Balaban J connectivity index is 1.65. The topological polar surface area (TPSA) is 77.0 Å². The van der Waals surface area contributed by atoms with Crippen LogP contribution in [-0.2, 0) is 11.4 Å². The van der Waals surface area contributed by atoms with Crippen LogP contribution in [-0.4, -0.2) is 25.2 Å². The van der Waals surface area contributed by atoms with Gasteiger partial charge in [0.05, 0.1) is 14.2 Å². The number of benzene rings is 3. The Kier molecular flexibility index (Phi) is 6.95. The van der Waals surface area contributed by atoms with Gasteiger partial charge >= 0.3 is 0 Å². The number of amides is 1. The predicted molar refractivity (Wildman–Crippen MR) is 116 cm³/mol. The van der Waals surface area contributed by atoms with Crippen LogP contribution >= 0.6 is 0 Å². The third kappa shape index (κ3) is 5.54. The van der Waals surface area contributed by atoms with Crippen LogP contribution in [0, 0.1) is 0 Å². The highest BCUT2D eigenvalue weighted by atomic mass is 16.5. The first-order valence-corrected chi connectivity index (χ1v) is 9.30. The lowest BCUT2D eigenvalue weighted by Crippen LogP contribution is -2.10. The summed E-state index contributed by atoms with van der Waals surface area (Å²) in [4.78, 5) is 12.4. The number of rotatable bonds is 8. The molecule has 0 saturated carbocycles. The summed E-state index contributed by atoms with van der Waals surface area (Å²) < 4.78 is 16.0. The molecule has 0 aliphatic rings. The maximum absolute atomic E-state index is 12.4. The van der Waals surface area contributed by atoms with Crippen LogP contribution in [0.15, 0.2) is 72.8 Å². The van der Waals surface area contributed by atoms with E-state index in [1.165, 1.54) is 19.3 Å². The molecule has 0 fully saturated rings. The smallest absolute Gasteiger partial charge is 0.248 e. The molecule has 0 aliphatic heterocycles. The van der Waals surface area contributed by atoms with Gasteiger partial charge in [0, 0.05) is 23.4 Å². The Labute approximate surface area is 175 Å². The summed E-state index contributed by atoms with van der Waals surface area (Å²) in [6.45, 7) is 0.291. The largest absolute Gasteiger partial charge is 0.504 e. The lowest BCUT2D eigenvalue weighted by molar-refractivity contribution is -0.111. The van der Waals surface area contributed by atoms with Crippen LogP contribution in [0.2, 0.25) is 0 Å². The molecule has 154 valence electrons. The number of phenols is 1. The Morgan fingerprint density at radius 1 is 0.967 bits per heavy atom. The van der Waals surface area contributed by atoms with E-state index in [4.69, 9.17) is 14.2 Å². The SMILES string of the molecule is COc1cccc(OCc2ccccc2NC(=O)C=Cc2ccc(OC)c(O)c2)c1. The van der Waals surface area contributed by atoms with E-state index < -0.39 is 0 Å². The van der Waals surface area contributed by atoms with E-state index in [1.54, 1.807) is 31.4 Å². The summed E-state index contributed by atoms with van der Waals surface area (Å²) in [5, 5.41) is 12.7. The molecule has 0 unspecified atom stereocenters. The molecule has 0 aliphatic carbocycles. The van der Waals surface area contributed by atoms with Gasteiger partial charge in [0.1, 0.15) is 18.1 Å². The molecule has 1 amide bonds. The number of hydrogen-bond acceptors (Lipinski definition) is 5. The molecule has 0 radical (unpaired) electrons. The van der Waals surface area contributed by atoms with Crippen molar-refractivity contribution in [2.45, 2.75) is 6.61 Å². The monoisotopic (exact) mass is 405 g/mol. The molecule has 0 saturated heterocycles. The van der Waals surface area contributed by atoms with E-state index in [0.29, 0.717) is 35.1 Å². The zero-order valence-corrected chi connectivity index (χ0v) is 16.8. The maximum atomic E-state index is 12.4. The van der Waals surface area contributed by atoms with Crippen molar-refractivity contribution in [1.82, 2.24) is 0 Å². The van der Waals surface area contributed by atoms with Crippen LogP contribution < -0.4 is 19.5 Å². The third-order valence-electron chi connectivity index (χ3n) is 4.34. The molecule has 0 atom stereocenters. The summed E-state index contributed by atoms with van der Waals surface area (Å²) in [5.41, 5.74) is 2.18. The maximum Gasteiger partial charge on any atom is 0.248 e. The minimum atomic E-state index is -0.292. The van der Waals surface area contributed by atoms with Gasteiger partial charge in [-0.1, -0.05) is 30.3 Å². The number of hydrogen-bond donors (Lipinski definition) is 2. The molecule has 0 heterocycles. The molecule has 30 heavy (non-hydrogen) atoms. The highest BCUT2D eigenvalue weighted by Crippen LogP contribution is 2.27. The van der Waals surface area contributed by atoms with Crippen molar-refractivity contribution in [1.29, 1.82) is 0 Å². The Bertz CT molecular complexity index is 1050. The lowest BCUT2D eigenvalue weighted by Gasteiger charge is -2.12. The van der Waals surface area contributed by atoms with Gasteiger partial charge in [0.2, 0.25) is 5.91 Å². The Hall–Kier alpha value is -3.93. The van der Waals surface area contributed by atoms with Crippen molar-refractivity contribution in [3.8, 4) is 23.0 Å². The van der Waals surface area contributed by atoms with Crippen LogP contribution in [0.25, 0.3) is 6.08 Å². The number of aromatic hydroxyl groups is 1. The van der Waals surface area contributed by atoms with Crippen LogP contribution in [0.4, 0.5) is 5.69 Å². The summed E-state index contributed by atoms with van der Waals surface area (Å²) >= 11 is 0. The first-order chi connectivity index (χ1) is 14.6. The van der Waals surface area contributed by atoms with Gasteiger partial charge in [0.25, 0.3) is 0 Å². The molecule has 0 aromatic heterocycles. The quantitative estimate of drug-likeness (QED) is 0.534. The minimum absolute atomic E-state index is 0.0140. The summed E-state index contributed by atoms with van der Waals surface area (Å²) in [5.74, 6) is 1.49. The molecule has 3 aromatic rings. The van der Waals surface area contributed by atoms with Crippen molar-refractivity contribution in [2.24, 2.45) is 0 Å². The van der Waals surface area contributed by atoms with E-state index in [2.05, 4.69) is 5.32 Å². The Morgan fingerprint density at radius 3 is 2.53 bits per heavy atom. The average molecular weight is 405 g/mol. The van der Waals surface area contributed by atoms with Gasteiger partial charge in [-0.15, -0.1) is 0 Å². The van der Waals surface area contributed by atoms with Gasteiger partial charge < -0.3 is 24.6 Å². The zero-order valence-electron chi connectivity index (χ0n) is 16.8. The summed E-state index contributed by atoms with van der Waals surface area (Å²) in [6.07, 6.45) is 3.02.